The van der Waals surface area contributed by atoms with Crippen LogP contribution < -0.4 is 25.0 Å². The number of fused-ring (bicyclic) bond motifs is 1. The number of aryl methyl sites for hydroxylation is 1. The lowest BCUT2D eigenvalue weighted by molar-refractivity contribution is -0.135. The van der Waals surface area contributed by atoms with Gasteiger partial charge in [0.1, 0.15) is 5.78 Å². The molecule has 252 valence electrons. The van der Waals surface area contributed by atoms with E-state index in [9.17, 15) is 22.8 Å². The standard InChI is InChI=1S/C19H28N2O7.C9H11NO2S.C4H10/c1-12(22)11-20-19(24)14(10-17(23)21-25)7-5-6-13-8-15(26-2)18(28-4)16(9-13)27-3;1-13(11,12)10-7-6-8-4-2-3-5-9(8)10;1-4(2)3/h8-9,14,25H,5-7,10-11H2,1-4H3,(H,20,24)(H,21,23);2-3,5-8H,4H2,1H3;4H,1-3H3/t;8-;/m.1./s1. The maximum Gasteiger partial charge on any atom is 0.244 e. The summed E-state index contributed by atoms with van der Waals surface area (Å²) in [5.74, 6) is 0.748. The molecule has 0 bridgehead atoms. The maximum atomic E-state index is 12.2. The van der Waals surface area contributed by atoms with Gasteiger partial charge >= 0.3 is 0 Å². The predicted molar refractivity (Wildman–Crippen MR) is 172 cm³/mol. The highest BCUT2D eigenvalue weighted by Crippen LogP contribution is 2.38. The Morgan fingerprint density at radius 2 is 1.67 bits per heavy atom. The molecule has 1 heterocycles. The topological polar surface area (TPSA) is 161 Å². The average Bonchev–Trinajstić information content (AvgIpc) is 3.44. The van der Waals surface area contributed by atoms with Crippen LogP contribution in [-0.4, -0.2) is 69.7 Å². The summed E-state index contributed by atoms with van der Waals surface area (Å²) in [6.07, 6.45) is 12.9. The summed E-state index contributed by atoms with van der Waals surface area (Å²) in [5.41, 5.74) is 3.32. The average molecular weight is 652 g/mol. The first-order valence-electron chi connectivity index (χ1n) is 14.7. The maximum absolute atomic E-state index is 12.2. The summed E-state index contributed by atoms with van der Waals surface area (Å²) < 4.78 is 39.9. The summed E-state index contributed by atoms with van der Waals surface area (Å²) in [6, 6.07) is 3.65. The number of nitrogens with one attached hydrogen (secondary N) is 2. The number of sulfonamides is 1. The highest BCUT2D eigenvalue weighted by molar-refractivity contribution is 7.88. The van der Waals surface area contributed by atoms with Crippen molar-refractivity contribution < 1.29 is 42.2 Å². The van der Waals surface area contributed by atoms with E-state index in [2.05, 4.69) is 26.1 Å². The van der Waals surface area contributed by atoms with Gasteiger partial charge in [-0.05, 0) is 62.3 Å². The largest absolute Gasteiger partial charge is 0.493 e. The number of carbonyl (C=O) groups is 3. The van der Waals surface area contributed by atoms with Crippen molar-refractivity contribution in [1.82, 2.24) is 15.1 Å². The van der Waals surface area contributed by atoms with Gasteiger partial charge in [0.15, 0.2) is 11.5 Å². The number of nitrogens with zero attached hydrogens (tertiary/aromatic N) is 1. The Labute approximate surface area is 267 Å². The monoisotopic (exact) mass is 651 g/mol. The van der Waals surface area contributed by atoms with Crippen LogP contribution >= 0.6 is 0 Å². The Balaban J connectivity index is 0.000000485. The van der Waals surface area contributed by atoms with Gasteiger partial charge < -0.3 is 19.5 Å². The van der Waals surface area contributed by atoms with E-state index in [1.54, 1.807) is 6.20 Å². The van der Waals surface area contributed by atoms with Gasteiger partial charge in [-0.15, -0.1) is 0 Å². The molecule has 1 aromatic rings. The molecule has 0 saturated heterocycles. The molecule has 3 N–H and O–H groups in total. The van der Waals surface area contributed by atoms with Crippen molar-refractivity contribution in [1.29, 1.82) is 0 Å². The van der Waals surface area contributed by atoms with Crippen LogP contribution in [0.15, 0.2) is 48.3 Å². The number of hydrogen-bond acceptors (Lipinski definition) is 9. The molecular weight excluding hydrogens is 602 g/mol. The third-order valence-corrected chi connectivity index (χ3v) is 7.47. The third kappa shape index (κ3) is 13.8. The minimum absolute atomic E-state index is 0.0943. The lowest BCUT2D eigenvalue weighted by Gasteiger charge is -2.20. The first-order chi connectivity index (χ1) is 21.2. The number of allylic oxidation sites excluding steroid dienone is 4. The zero-order chi connectivity index (χ0) is 34.2. The zero-order valence-corrected chi connectivity index (χ0v) is 28.4. The lowest BCUT2D eigenvalue weighted by Crippen LogP contribution is -2.36. The Kier molecular flexibility index (Phi) is 17.0. The van der Waals surface area contributed by atoms with Crippen LogP contribution in [0.1, 0.15) is 58.9 Å². The van der Waals surface area contributed by atoms with Crippen molar-refractivity contribution in [3.63, 3.8) is 0 Å². The summed E-state index contributed by atoms with van der Waals surface area (Å²) in [5, 5.41) is 11.2. The van der Waals surface area contributed by atoms with Crippen molar-refractivity contribution in [2.24, 2.45) is 17.8 Å². The van der Waals surface area contributed by atoms with Crippen molar-refractivity contribution >= 4 is 27.6 Å². The number of carbonyl (C=O) groups excluding carboxylic acids is 3. The van der Waals surface area contributed by atoms with E-state index in [4.69, 9.17) is 19.4 Å². The molecule has 12 nitrogen and oxygen atoms in total. The Hall–Kier alpha value is -3.84. The summed E-state index contributed by atoms with van der Waals surface area (Å²) >= 11 is 0. The van der Waals surface area contributed by atoms with Crippen LogP contribution in [0.5, 0.6) is 17.2 Å². The molecule has 0 radical (unpaired) electrons. The number of amides is 2. The van der Waals surface area contributed by atoms with Gasteiger partial charge in [-0.3, -0.25) is 19.6 Å². The minimum Gasteiger partial charge on any atom is -0.493 e. The van der Waals surface area contributed by atoms with Crippen LogP contribution in [0.2, 0.25) is 0 Å². The smallest absolute Gasteiger partial charge is 0.244 e. The van der Waals surface area contributed by atoms with Gasteiger partial charge in [-0.25, -0.2) is 18.2 Å². The van der Waals surface area contributed by atoms with Gasteiger partial charge in [0, 0.05) is 30.2 Å². The molecule has 13 heteroatoms. The summed E-state index contributed by atoms with van der Waals surface area (Å²) in [7, 11) is 1.46. The van der Waals surface area contributed by atoms with Crippen molar-refractivity contribution in [2.75, 3.05) is 34.1 Å². The van der Waals surface area contributed by atoms with E-state index in [0.717, 1.165) is 23.6 Å². The van der Waals surface area contributed by atoms with Crippen LogP contribution in [-0.2, 0) is 30.8 Å². The zero-order valence-electron chi connectivity index (χ0n) is 27.6. The van der Waals surface area contributed by atoms with Crippen LogP contribution in [0, 0.1) is 17.8 Å². The number of methoxy groups -OCH3 is 3. The van der Waals surface area contributed by atoms with Gasteiger partial charge in [0.2, 0.25) is 27.6 Å². The summed E-state index contributed by atoms with van der Waals surface area (Å²) in [4.78, 5) is 34.8. The third-order valence-electron chi connectivity index (χ3n) is 6.42. The van der Waals surface area contributed by atoms with E-state index in [1.807, 2.05) is 36.4 Å². The van der Waals surface area contributed by atoms with E-state index in [-0.39, 0.29) is 24.7 Å². The number of benzene rings is 1. The highest BCUT2D eigenvalue weighted by atomic mass is 32.2. The predicted octanol–water partition coefficient (Wildman–Crippen LogP) is 4.15. The normalized spacial score (nSPS) is 15.4. The number of hydroxylamine groups is 1. The molecule has 1 aromatic carbocycles. The molecule has 2 atom stereocenters. The molecule has 2 amide bonds. The first kappa shape index (κ1) is 39.2. The van der Waals surface area contributed by atoms with Crippen LogP contribution in [0.25, 0.3) is 0 Å². The molecule has 0 saturated carbocycles. The fourth-order valence-electron chi connectivity index (χ4n) is 4.40. The van der Waals surface area contributed by atoms with E-state index in [0.29, 0.717) is 36.5 Å². The fourth-order valence-corrected chi connectivity index (χ4v) is 5.27. The molecule has 1 aliphatic carbocycles. The van der Waals surface area contributed by atoms with Gasteiger partial charge in [0.05, 0.1) is 34.1 Å². The molecule has 0 spiro atoms. The van der Waals surface area contributed by atoms with Gasteiger partial charge in [-0.2, -0.15) is 0 Å². The number of ketones is 1. The quantitative estimate of drug-likeness (QED) is 0.210. The minimum atomic E-state index is -3.13. The molecule has 1 unspecified atom stereocenters. The number of rotatable bonds is 13. The molecule has 45 heavy (non-hydrogen) atoms. The molecule has 1 aliphatic heterocycles. The Morgan fingerprint density at radius 3 is 2.16 bits per heavy atom. The molecule has 2 aliphatic rings. The highest BCUT2D eigenvalue weighted by Gasteiger charge is 2.28. The molecule has 3 rings (SSSR count). The SMILES string of the molecule is CC(C)C.COc1cc(CCCC(CC(=O)NO)C(=O)NCC(C)=O)cc(OC)c1OC.CS(=O)(=O)N1C=C[C@H]2CC=CC=C21. The second-order valence-electron chi connectivity index (χ2n) is 11.3. The summed E-state index contributed by atoms with van der Waals surface area (Å²) in [6.45, 7) is 7.77. The van der Waals surface area contributed by atoms with E-state index >= 15 is 0 Å². The van der Waals surface area contributed by atoms with Crippen LogP contribution in [0.4, 0.5) is 0 Å². The number of hydrogen-bond donors (Lipinski definition) is 3. The Morgan fingerprint density at radius 1 is 1.07 bits per heavy atom. The van der Waals surface area contributed by atoms with Gasteiger partial charge in [-0.1, -0.05) is 39.0 Å². The van der Waals surface area contributed by atoms with E-state index in [1.165, 1.54) is 44.3 Å². The van der Waals surface area contributed by atoms with E-state index < -0.39 is 27.8 Å². The number of ether oxygens (including phenoxy) is 3. The Bertz CT molecular complexity index is 1310. The van der Waals surface area contributed by atoms with Crippen LogP contribution in [0.3, 0.4) is 0 Å². The van der Waals surface area contributed by atoms with Gasteiger partial charge in [0.25, 0.3) is 0 Å². The second kappa shape index (κ2) is 19.5. The molecular formula is C32H49N3O9S. The first-order valence-corrected chi connectivity index (χ1v) is 16.6. The molecule has 0 fully saturated rings. The number of Topliss-reactive ketones (excluding diaryl/α,β-unsaturated/α-hetero) is 1. The van der Waals surface area contributed by atoms with Crippen molar-refractivity contribution in [2.45, 2.75) is 59.8 Å². The van der Waals surface area contributed by atoms with Crippen molar-refractivity contribution in [3.05, 3.63) is 53.9 Å². The lowest BCUT2D eigenvalue weighted by atomic mass is 9.95. The second-order valence-corrected chi connectivity index (χ2v) is 13.1. The fraction of sp³-hybridized carbons (Fsp3) is 0.531. The molecule has 0 aromatic heterocycles. The van der Waals surface area contributed by atoms with Crippen molar-refractivity contribution in [3.8, 4) is 17.2 Å².